The molecule has 0 radical (unpaired) electrons. The van der Waals surface area contributed by atoms with Gasteiger partial charge < -0.3 is 20.1 Å². The molecule has 0 bridgehead atoms. The van der Waals surface area contributed by atoms with E-state index in [-0.39, 0.29) is 30.5 Å². The summed E-state index contributed by atoms with van der Waals surface area (Å²) in [5, 5.41) is 19.9. The van der Waals surface area contributed by atoms with Crippen molar-refractivity contribution in [2.45, 2.75) is 19.4 Å². The number of hydrogen-bond donors (Lipinski definition) is 3. The van der Waals surface area contributed by atoms with Crippen LogP contribution in [-0.2, 0) is 0 Å². The Morgan fingerprint density at radius 3 is 2.87 bits per heavy atom. The van der Waals surface area contributed by atoms with Crippen molar-refractivity contribution in [3.8, 4) is 0 Å². The van der Waals surface area contributed by atoms with E-state index in [0.717, 1.165) is 5.56 Å². The molecule has 3 rings (SSSR count). The first-order valence-electron chi connectivity index (χ1n) is 7.71. The van der Waals surface area contributed by atoms with Crippen LogP contribution in [0.15, 0.2) is 29.1 Å². The lowest BCUT2D eigenvalue weighted by Crippen LogP contribution is -2.47. The van der Waals surface area contributed by atoms with Gasteiger partial charge in [-0.25, -0.2) is 0 Å². The van der Waals surface area contributed by atoms with Gasteiger partial charge in [0.15, 0.2) is 0 Å². The Hall–Kier alpha value is -2.18. The number of nitrogens with one attached hydrogen (secondary N) is 1. The van der Waals surface area contributed by atoms with Gasteiger partial charge in [-0.1, -0.05) is 11.6 Å². The minimum atomic E-state index is -0.743. The number of likely N-dealkylation sites (tertiary alicyclic amines) is 1. The van der Waals surface area contributed by atoms with Crippen LogP contribution in [0.4, 0.5) is 0 Å². The topological polar surface area (TPSA) is 93.6 Å². The van der Waals surface area contributed by atoms with Crippen molar-refractivity contribution < 1.29 is 15.0 Å². The lowest BCUT2D eigenvalue weighted by Gasteiger charge is -2.35. The molecule has 1 aromatic heterocycles. The second-order valence-electron chi connectivity index (χ2n) is 6.15. The number of benzene rings is 1. The molecule has 0 aliphatic carbocycles. The number of hydrogen-bond acceptors (Lipinski definition) is 4. The Kier molecular flexibility index (Phi) is 4.19. The van der Waals surface area contributed by atoms with E-state index >= 15 is 0 Å². The van der Waals surface area contributed by atoms with E-state index in [4.69, 9.17) is 0 Å². The molecule has 6 nitrogen and oxygen atoms in total. The average Bonchev–Trinajstić information content (AvgIpc) is 2.53. The third kappa shape index (κ3) is 3.00. The molecule has 3 N–H and O–H groups in total. The molecule has 23 heavy (non-hydrogen) atoms. The average molecular weight is 316 g/mol. The molecule has 2 heterocycles. The Morgan fingerprint density at radius 2 is 2.17 bits per heavy atom. The minimum absolute atomic E-state index is 0.0870. The summed E-state index contributed by atoms with van der Waals surface area (Å²) in [7, 11) is 0. The predicted octanol–water partition coefficient (Wildman–Crippen LogP) is 0.652. The SMILES string of the molecule is Cc1ccc2[nH]c(=O)cc(C(=O)N3CC[C@H](CO)[C@H](O)C3)c2c1. The molecule has 1 saturated heterocycles. The number of amides is 1. The molecule has 1 amide bonds. The number of carbonyl (C=O) groups is 1. The zero-order chi connectivity index (χ0) is 16.6. The first-order valence-corrected chi connectivity index (χ1v) is 7.71. The van der Waals surface area contributed by atoms with Crippen LogP contribution in [0.2, 0.25) is 0 Å². The summed E-state index contributed by atoms with van der Waals surface area (Å²) in [6.45, 7) is 2.47. The normalized spacial score (nSPS) is 21.6. The standard InChI is InChI=1S/C17H20N2O4/c1-10-2-3-14-12(6-10)13(7-16(22)18-14)17(23)19-5-4-11(9-20)15(21)8-19/h2-3,6-7,11,15,20-21H,4-5,8-9H2,1H3,(H,18,22)/t11-,15-/m1/s1. The number of aromatic nitrogens is 1. The number of aliphatic hydroxyl groups excluding tert-OH is 2. The fourth-order valence-corrected chi connectivity index (χ4v) is 3.09. The number of aryl methyl sites for hydroxylation is 1. The Morgan fingerprint density at radius 1 is 1.39 bits per heavy atom. The number of pyridine rings is 1. The third-order valence-electron chi connectivity index (χ3n) is 4.47. The molecule has 0 unspecified atom stereocenters. The second-order valence-corrected chi connectivity index (χ2v) is 6.15. The highest BCUT2D eigenvalue weighted by atomic mass is 16.3. The summed E-state index contributed by atoms with van der Waals surface area (Å²) in [6.07, 6.45) is -0.198. The van der Waals surface area contributed by atoms with E-state index in [1.165, 1.54) is 6.07 Å². The molecule has 1 aliphatic heterocycles. The quantitative estimate of drug-likeness (QED) is 0.758. The van der Waals surface area contributed by atoms with Crippen LogP contribution in [0.25, 0.3) is 10.9 Å². The maximum atomic E-state index is 12.8. The van der Waals surface area contributed by atoms with E-state index in [9.17, 15) is 19.8 Å². The van der Waals surface area contributed by atoms with Crippen LogP contribution in [0, 0.1) is 12.8 Å². The maximum absolute atomic E-state index is 12.8. The zero-order valence-corrected chi connectivity index (χ0v) is 13.0. The van der Waals surface area contributed by atoms with Gasteiger partial charge in [0.05, 0.1) is 11.7 Å². The highest BCUT2D eigenvalue weighted by Gasteiger charge is 2.30. The molecule has 122 valence electrons. The van der Waals surface area contributed by atoms with E-state index in [0.29, 0.717) is 29.4 Å². The summed E-state index contributed by atoms with van der Waals surface area (Å²) < 4.78 is 0. The lowest BCUT2D eigenvalue weighted by molar-refractivity contribution is 0.000945. The highest BCUT2D eigenvalue weighted by molar-refractivity contribution is 6.06. The minimum Gasteiger partial charge on any atom is -0.396 e. The van der Waals surface area contributed by atoms with Gasteiger partial charge in [-0.15, -0.1) is 0 Å². The number of nitrogens with zero attached hydrogens (tertiary/aromatic N) is 1. The molecule has 1 aliphatic rings. The largest absolute Gasteiger partial charge is 0.396 e. The monoisotopic (exact) mass is 316 g/mol. The number of carbonyl (C=O) groups excluding carboxylic acids is 1. The Labute approximate surface area is 133 Å². The van der Waals surface area contributed by atoms with Crippen LogP contribution in [0.1, 0.15) is 22.3 Å². The number of aliphatic hydroxyl groups is 2. The molecule has 2 aromatic rings. The third-order valence-corrected chi connectivity index (χ3v) is 4.47. The van der Waals surface area contributed by atoms with Crippen LogP contribution in [0.3, 0.4) is 0 Å². The number of H-pyrrole nitrogens is 1. The predicted molar refractivity (Wildman–Crippen MR) is 86.4 cm³/mol. The summed E-state index contributed by atoms with van der Waals surface area (Å²) in [5.74, 6) is -0.459. The van der Waals surface area contributed by atoms with Gasteiger partial charge in [0.25, 0.3) is 5.91 Å². The van der Waals surface area contributed by atoms with Gasteiger partial charge in [-0.05, 0) is 25.5 Å². The van der Waals surface area contributed by atoms with Crippen molar-refractivity contribution in [2.24, 2.45) is 5.92 Å². The molecule has 0 spiro atoms. The molecule has 6 heteroatoms. The number of fused-ring (bicyclic) bond motifs is 1. The molecule has 2 atom stereocenters. The zero-order valence-electron chi connectivity index (χ0n) is 13.0. The lowest BCUT2D eigenvalue weighted by atomic mass is 9.94. The fraction of sp³-hybridized carbons (Fsp3) is 0.412. The molecule has 1 fully saturated rings. The van der Waals surface area contributed by atoms with Crippen LogP contribution in [-0.4, -0.2) is 51.8 Å². The summed E-state index contributed by atoms with van der Waals surface area (Å²) in [6, 6.07) is 6.85. The van der Waals surface area contributed by atoms with E-state index in [1.54, 1.807) is 11.0 Å². The van der Waals surface area contributed by atoms with Gasteiger partial charge in [-0.2, -0.15) is 0 Å². The number of aromatic amines is 1. The number of rotatable bonds is 2. The highest BCUT2D eigenvalue weighted by Crippen LogP contribution is 2.22. The summed E-state index contributed by atoms with van der Waals surface area (Å²) in [5.41, 5.74) is 1.65. The molecular weight excluding hydrogens is 296 g/mol. The van der Waals surface area contributed by atoms with Crippen molar-refractivity contribution in [3.05, 3.63) is 45.7 Å². The van der Waals surface area contributed by atoms with Gasteiger partial charge in [-0.3, -0.25) is 9.59 Å². The van der Waals surface area contributed by atoms with E-state index < -0.39 is 6.10 Å². The maximum Gasteiger partial charge on any atom is 0.254 e. The molecule has 1 aromatic carbocycles. The van der Waals surface area contributed by atoms with Gasteiger partial charge in [0, 0.05) is 42.6 Å². The van der Waals surface area contributed by atoms with Crippen molar-refractivity contribution in [1.82, 2.24) is 9.88 Å². The van der Waals surface area contributed by atoms with Crippen molar-refractivity contribution in [2.75, 3.05) is 19.7 Å². The van der Waals surface area contributed by atoms with Crippen molar-refractivity contribution in [3.63, 3.8) is 0 Å². The number of piperidine rings is 1. The Bertz CT molecular complexity index is 799. The van der Waals surface area contributed by atoms with Crippen LogP contribution < -0.4 is 5.56 Å². The summed E-state index contributed by atoms with van der Waals surface area (Å²) in [4.78, 5) is 28.9. The van der Waals surface area contributed by atoms with E-state index in [2.05, 4.69) is 4.98 Å². The van der Waals surface area contributed by atoms with Crippen LogP contribution in [0.5, 0.6) is 0 Å². The summed E-state index contributed by atoms with van der Waals surface area (Å²) >= 11 is 0. The van der Waals surface area contributed by atoms with Gasteiger partial charge in [0.2, 0.25) is 5.56 Å². The number of β-amino-alcohol motifs (C(OH)–C–C–N with tert-alkyl or cyclic N) is 1. The van der Waals surface area contributed by atoms with Crippen molar-refractivity contribution in [1.29, 1.82) is 0 Å². The van der Waals surface area contributed by atoms with Gasteiger partial charge >= 0.3 is 0 Å². The van der Waals surface area contributed by atoms with E-state index in [1.807, 2.05) is 19.1 Å². The molecule has 0 saturated carbocycles. The Balaban J connectivity index is 1.98. The second kappa shape index (κ2) is 6.14. The smallest absolute Gasteiger partial charge is 0.254 e. The van der Waals surface area contributed by atoms with Crippen LogP contribution >= 0.6 is 0 Å². The van der Waals surface area contributed by atoms with Crippen molar-refractivity contribution >= 4 is 16.8 Å². The molecular formula is C17H20N2O4. The fourth-order valence-electron chi connectivity index (χ4n) is 3.09. The van der Waals surface area contributed by atoms with Gasteiger partial charge in [0.1, 0.15) is 0 Å². The first kappa shape index (κ1) is 15.7. The first-order chi connectivity index (χ1) is 11.0.